The van der Waals surface area contributed by atoms with Crippen molar-refractivity contribution in [3.63, 3.8) is 0 Å². The van der Waals surface area contributed by atoms with E-state index in [4.69, 9.17) is 11.6 Å². The van der Waals surface area contributed by atoms with Crippen molar-refractivity contribution >= 4 is 17.5 Å². The van der Waals surface area contributed by atoms with Crippen molar-refractivity contribution in [3.05, 3.63) is 34.3 Å². The summed E-state index contributed by atoms with van der Waals surface area (Å²) in [5.41, 5.74) is 1.50. The summed E-state index contributed by atoms with van der Waals surface area (Å²) >= 11 is 6.13. The quantitative estimate of drug-likeness (QED) is 0.847. The Labute approximate surface area is 107 Å². The fourth-order valence-electron chi connectivity index (χ4n) is 2.06. The van der Waals surface area contributed by atoms with Crippen LogP contribution in [0.5, 0.6) is 0 Å². The summed E-state index contributed by atoms with van der Waals surface area (Å²) in [6.45, 7) is 3.79. The molecule has 0 radical (unpaired) electrons. The zero-order valence-electron chi connectivity index (χ0n) is 9.92. The van der Waals surface area contributed by atoms with Crippen LogP contribution in [0.25, 0.3) is 0 Å². The lowest BCUT2D eigenvalue weighted by Gasteiger charge is -2.24. The van der Waals surface area contributed by atoms with E-state index >= 15 is 0 Å². The molecule has 1 aliphatic rings. The summed E-state index contributed by atoms with van der Waals surface area (Å²) in [6.07, 6.45) is 2.13. The summed E-state index contributed by atoms with van der Waals surface area (Å²) < 4.78 is 0. The molecule has 1 aromatic rings. The van der Waals surface area contributed by atoms with Crippen molar-refractivity contribution in [1.82, 2.24) is 10.6 Å². The number of carbonyl (C=O) groups is 1. The molecular formula is C13H17ClN2O. The standard InChI is InChI=1S/C13H17ClN2O/c1-9-4-2-6-11(12(9)14)13(17)16-10-5-3-7-15-8-10/h2,4,6,10,15H,3,5,7-8H2,1H3,(H,16,17)/t10-/m0/s1. The minimum atomic E-state index is -0.0765. The van der Waals surface area contributed by atoms with Crippen molar-refractivity contribution in [1.29, 1.82) is 0 Å². The maximum atomic E-state index is 12.1. The lowest BCUT2D eigenvalue weighted by molar-refractivity contribution is 0.0931. The average molecular weight is 253 g/mol. The molecule has 1 fully saturated rings. The first-order valence-corrected chi connectivity index (χ1v) is 6.33. The Morgan fingerprint density at radius 2 is 2.35 bits per heavy atom. The van der Waals surface area contributed by atoms with Gasteiger partial charge in [0.15, 0.2) is 0 Å². The number of hydrogen-bond acceptors (Lipinski definition) is 2. The van der Waals surface area contributed by atoms with Crippen LogP contribution in [0.3, 0.4) is 0 Å². The van der Waals surface area contributed by atoms with E-state index in [2.05, 4.69) is 10.6 Å². The maximum absolute atomic E-state index is 12.1. The molecule has 3 nitrogen and oxygen atoms in total. The first-order chi connectivity index (χ1) is 8.18. The third-order valence-electron chi connectivity index (χ3n) is 3.07. The van der Waals surface area contributed by atoms with Crippen LogP contribution < -0.4 is 10.6 Å². The molecule has 1 heterocycles. The fourth-order valence-corrected chi connectivity index (χ4v) is 2.27. The van der Waals surface area contributed by atoms with E-state index in [9.17, 15) is 4.79 Å². The number of halogens is 1. The Bertz CT molecular complexity index is 414. The average Bonchev–Trinajstić information content (AvgIpc) is 2.34. The van der Waals surface area contributed by atoms with E-state index in [1.165, 1.54) is 0 Å². The molecule has 1 saturated heterocycles. The van der Waals surface area contributed by atoms with Gasteiger partial charge in [0.05, 0.1) is 10.6 Å². The van der Waals surface area contributed by atoms with Crippen molar-refractivity contribution in [3.8, 4) is 0 Å². The predicted molar refractivity (Wildman–Crippen MR) is 69.5 cm³/mol. The highest BCUT2D eigenvalue weighted by Gasteiger charge is 2.18. The van der Waals surface area contributed by atoms with Gasteiger partial charge in [0.1, 0.15) is 0 Å². The fraction of sp³-hybridized carbons (Fsp3) is 0.462. The number of amides is 1. The normalized spacial score (nSPS) is 20.0. The van der Waals surface area contributed by atoms with Gasteiger partial charge in [-0.1, -0.05) is 23.7 Å². The molecule has 0 unspecified atom stereocenters. The van der Waals surface area contributed by atoms with Gasteiger partial charge >= 0.3 is 0 Å². The second-order valence-corrected chi connectivity index (χ2v) is 4.83. The molecule has 0 spiro atoms. The number of rotatable bonds is 2. The molecule has 2 rings (SSSR count). The number of hydrogen-bond donors (Lipinski definition) is 2. The monoisotopic (exact) mass is 252 g/mol. The molecule has 2 N–H and O–H groups in total. The van der Waals surface area contributed by atoms with Crippen LogP contribution in [-0.4, -0.2) is 25.0 Å². The second-order valence-electron chi connectivity index (χ2n) is 4.45. The molecule has 1 amide bonds. The smallest absolute Gasteiger partial charge is 0.253 e. The molecule has 0 bridgehead atoms. The van der Waals surface area contributed by atoms with Gasteiger partial charge in [0, 0.05) is 12.6 Å². The van der Waals surface area contributed by atoms with Crippen LogP contribution in [0.15, 0.2) is 18.2 Å². The lowest BCUT2D eigenvalue weighted by Crippen LogP contribution is -2.45. The van der Waals surface area contributed by atoms with Gasteiger partial charge in [-0.2, -0.15) is 0 Å². The van der Waals surface area contributed by atoms with E-state index in [0.29, 0.717) is 10.6 Å². The van der Waals surface area contributed by atoms with Crippen LogP contribution in [-0.2, 0) is 0 Å². The SMILES string of the molecule is Cc1cccc(C(=O)N[C@H]2CCCNC2)c1Cl. The molecule has 0 aromatic heterocycles. The molecule has 4 heteroatoms. The minimum Gasteiger partial charge on any atom is -0.348 e. The zero-order valence-corrected chi connectivity index (χ0v) is 10.7. The van der Waals surface area contributed by atoms with Gasteiger partial charge in [-0.25, -0.2) is 0 Å². The summed E-state index contributed by atoms with van der Waals surface area (Å²) in [7, 11) is 0. The second kappa shape index (κ2) is 5.52. The van der Waals surface area contributed by atoms with Gasteiger partial charge in [0.25, 0.3) is 5.91 Å². The third kappa shape index (κ3) is 2.99. The minimum absolute atomic E-state index is 0.0765. The van der Waals surface area contributed by atoms with Crippen molar-refractivity contribution in [2.24, 2.45) is 0 Å². The Hall–Kier alpha value is -1.06. The van der Waals surface area contributed by atoms with Gasteiger partial charge in [-0.05, 0) is 37.9 Å². The van der Waals surface area contributed by atoms with Gasteiger partial charge < -0.3 is 10.6 Å². The van der Waals surface area contributed by atoms with Gasteiger partial charge in [-0.15, -0.1) is 0 Å². The Morgan fingerprint density at radius 1 is 1.53 bits per heavy atom. The van der Waals surface area contributed by atoms with Crippen LogP contribution in [0.4, 0.5) is 0 Å². The van der Waals surface area contributed by atoms with E-state index in [1.807, 2.05) is 19.1 Å². The largest absolute Gasteiger partial charge is 0.348 e. The summed E-state index contributed by atoms with van der Waals surface area (Å²) in [5.74, 6) is -0.0765. The third-order valence-corrected chi connectivity index (χ3v) is 3.57. The Balaban J connectivity index is 2.06. The number of nitrogens with one attached hydrogen (secondary N) is 2. The van der Waals surface area contributed by atoms with Gasteiger partial charge in [0.2, 0.25) is 0 Å². The Kier molecular flexibility index (Phi) is 4.02. The first-order valence-electron chi connectivity index (χ1n) is 5.95. The summed E-state index contributed by atoms with van der Waals surface area (Å²) in [4.78, 5) is 12.1. The Morgan fingerprint density at radius 3 is 3.06 bits per heavy atom. The number of carbonyl (C=O) groups excluding carboxylic acids is 1. The topological polar surface area (TPSA) is 41.1 Å². The summed E-state index contributed by atoms with van der Waals surface area (Å²) in [5, 5.41) is 6.84. The highest BCUT2D eigenvalue weighted by molar-refractivity contribution is 6.34. The molecule has 1 atom stereocenters. The zero-order chi connectivity index (χ0) is 12.3. The van der Waals surface area contributed by atoms with E-state index in [1.54, 1.807) is 6.07 Å². The van der Waals surface area contributed by atoms with E-state index in [-0.39, 0.29) is 11.9 Å². The molecule has 92 valence electrons. The molecule has 1 aliphatic heterocycles. The van der Waals surface area contributed by atoms with Crippen LogP contribution >= 0.6 is 11.6 Å². The van der Waals surface area contributed by atoms with Crippen molar-refractivity contribution in [2.45, 2.75) is 25.8 Å². The highest BCUT2D eigenvalue weighted by atomic mass is 35.5. The first kappa shape index (κ1) is 12.4. The molecular weight excluding hydrogens is 236 g/mol. The molecule has 0 aliphatic carbocycles. The molecule has 1 aromatic carbocycles. The van der Waals surface area contributed by atoms with Crippen molar-refractivity contribution < 1.29 is 4.79 Å². The van der Waals surface area contributed by atoms with Crippen LogP contribution in [0.1, 0.15) is 28.8 Å². The number of benzene rings is 1. The van der Waals surface area contributed by atoms with Crippen LogP contribution in [0, 0.1) is 6.92 Å². The highest BCUT2D eigenvalue weighted by Crippen LogP contribution is 2.20. The van der Waals surface area contributed by atoms with Gasteiger partial charge in [-0.3, -0.25) is 4.79 Å². The van der Waals surface area contributed by atoms with E-state index < -0.39 is 0 Å². The predicted octanol–water partition coefficient (Wildman–Crippen LogP) is 2.13. The molecule has 17 heavy (non-hydrogen) atoms. The van der Waals surface area contributed by atoms with Crippen molar-refractivity contribution in [2.75, 3.05) is 13.1 Å². The number of aryl methyl sites for hydroxylation is 1. The lowest BCUT2D eigenvalue weighted by atomic mass is 10.1. The molecule has 0 saturated carbocycles. The number of piperidine rings is 1. The van der Waals surface area contributed by atoms with E-state index in [0.717, 1.165) is 31.5 Å². The van der Waals surface area contributed by atoms with Crippen LogP contribution in [0.2, 0.25) is 5.02 Å². The maximum Gasteiger partial charge on any atom is 0.253 e. The summed E-state index contributed by atoms with van der Waals surface area (Å²) in [6, 6.07) is 5.74.